The third kappa shape index (κ3) is 3.77. The molecule has 1 atom stereocenters. The highest BCUT2D eigenvalue weighted by molar-refractivity contribution is 7.92. The quantitative estimate of drug-likeness (QED) is 0.819. The van der Waals surface area contributed by atoms with E-state index in [4.69, 9.17) is 4.74 Å². The molecule has 1 aliphatic rings. The Hall–Kier alpha value is -2.12. The second-order valence-electron chi connectivity index (χ2n) is 5.98. The molecular weight excluding hydrogens is 338 g/mol. The van der Waals surface area contributed by atoms with E-state index in [1.807, 2.05) is 32.0 Å². The number of rotatable bonds is 5. The summed E-state index contributed by atoms with van der Waals surface area (Å²) in [6, 6.07) is 12.5. The zero-order valence-electron chi connectivity index (χ0n) is 14.5. The average Bonchev–Trinajstić information content (AvgIpc) is 2.63. The fourth-order valence-electron chi connectivity index (χ4n) is 2.95. The van der Waals surface area contributed by atoms with Gasteiger partial charge in [-0.25, -0.2) is 13.4 Å². The van der Waals surface area contributed by atoms with Crippen molar-refractivity contribution in [2.75, 3.05) is 35.4 Å². The van der Waals surface area contributed by atoms with Crippen LogP contribution in [0, 0.1) is 0 Å². The summed E-state index contributed by atoms with van der Waals surface area (Å²) in [7, 11) is -3.63. The number of morpholine rings is 1. The molecule has 2 heterocycles. The summed E-state index contributed by atoms with van der Waals surface area (Å²) in [5.41, 5.74) is 0.649. The molecule has 3 rings (SSSR count). The highest BCUT2D eigenvalue weighted by Gasteiger charge is 2.25. The molecule has 0 spiro atoms. The molecule has 0 bridgehead atoms. The molecule has 134 valence electrons. The Morgan fingerprint density at radius 3 is 2.60 bits per heavy atom. The smallest absolute Gasteiger partial charge is 0.265 e. The Morgan fingerprint density at radius 1 is 1.24 bits per heavy atom. The minimum atomic E-state index is -3.63. The van der Waals surface area contributed by atoms with Gasteiger partial charge in [0.2, 0.25) is 0 Å². The van der Waals surface area contributed by atoms with E-state index in [-0.39, 0.29) is 11.0 Å². The number of hydrogen-bond acceptors (Lipinski definition) is 5. The Bertz CT molecular complexity index is 794. The van der Waals surface area contributed by atoms with Crippen LogP contribution in [0.1, 0.15) is 13.8 Å². The van der Waals surface area contributed by atoms with E-state index in [9.17, 15) is 8.42 Å². The van der Waals surface area contributed by atoms with Crippen LogP contribution in [0.5, 0.6) is 0 Å². The molecule has 1 fully saturated rings. The molecular formula is C18H23N3O3S. The summed E-state index contributed by atoms with van der Waals surface area (Å²) in [4.78, 5) is 6.69. The molecule has 0 saturated carbocycles. The molecule has 1 unspecified atom stereocenters. The lowest BCUT2D eigenvalue weighted by molar-refractivity contribution is 0.0529. The van der Waals surface area contributed by atoms with E-state index in [1.54, 1.807) is 24.3 Å². The number of ether oxygens (including phenoxy) is 1. The number of benzene rings is 1. The Labute approximate surface area is 149 Å². The third-order valence-corrected chi connectivity index (χ3v) is 6.09. The monoisotopic (exact) mass is 361 g/mol. The second-order valence-corrected chi connectivity index (χ2v) is 7.85. The van der Waals surface area contributed by atoms with Gasteiger partial charge in [0.1, 0.15) is 10.7 Å². The highest BCUT2D eigenvalue weighted by Crippen LogP contribution is 2.24. The van der Waals surface area contributed by atoms with Gasteiger partial charge >= 0.3 is 0 Å². The van der Waals surface area contributed by atoms with Crippen molar-refractivity contribution in [3.05, 3.63) is 48.7 Å². The summed E-state index contributed by atoms with van der Waals surface area (Å²) in [6.45, 7) is 6.36. The summed E-state index contributed by atoms with van der Waals surface area (Å²) < 4.78 is 32.8. The topological polar surface area (TPSA) is 62.7 Å². The summed E-state index contributed by atoms with van der Waals surface area (Å²) >= 11 is 0. The highest BCUT2D eigenvalue weighted by atomic mass is 32.2. The summed E-state index contributed by atoms with van der Waals surface area (Å²) in [6.07, 6.45) is 1.59. The minimum absolute atomic E-state index is 0.146. The minimum Gasteiger partial charge on any atom is -0.375 e. The van der Waals surface area contributed by atoms with Crippen molar-refractivity contribution in [1.29, 1.82) is 0 Å². The number of nitrogens with zero attached hydrogens (tertiary/aromatic N) is 3. The zero-order valence-corrected chi connectivity index (χ0v) is 15.3. The number of pyridine rings is 1. The first kappa shape index (κ1) is 17.7. The third-order valence-electron chi connectivity index (χ3n) is 4.21. The van der Waals surface area contributed by atoms with Gasteiger partial charge in [-0.15, -0.1) is 0 Å². The SMILES string of the molecule is CCN(c1ccccc1)S(=O)(=O)c1ccc(N2CCOC(C)C2)nc1. The number of aromatic nitrogens is 1. The van der Waals surface area contributed by atoms with Crippen molar-refractivity contribution in [3.63, 3.8) is 0 Å². The van der Waals surface area contributed by atoms with Gasteiger partial charge in [-0.3, -0.25) is 4.31 Å². The van der Waals surface area contributed by atoms with Crippen LogP contribution in [-0.4, -0.2) is 45.7 Å². The molecule has 2 aromatic rings. The predicted molar refractivity (Wildman–Crippen MR) is 98.5 cm³/mol. The van der Waals surface area contributed by atoms with Gasteiger partial charge in [-0.2, -0.15) is 0 Å². The predicted octanol–water partition coefficient (Wildman–Crippen LogP) is 2.52. The maximum atomic E-state index is 13.0. The maximum Gasteiger partial charge on any atom is 0.265 e. The van der Waals surface area contributed by atoms with Gasteiger partial charge < -0.3 is 9.64 Å². The van der Waals surface area contributed by atoms with Crippen molar-refractivity contribution in [2.24, 2.45) is 0 Å². The standard InChI is InChI=1S/C18H23N3O3S/c1-3-21(16-7-5-4-6-8-16)25(22,23)17-9-10-18(19-13-17)20-11-12-24-15(2)14-20/h4-10,13,15H,3,11-12,14H2,1-2H3. The molecule has 25 heavy (non-hydrogen) atoms. The van der Waals surface area contributed by atoms with E-state index < -0.39 is 10.0 Å². The summed E-state index contributed by atoms with van der Waals surface area (Å²) in [5.74, 6) is 0.775. The van der Waals surface area contributed by atoms with Crippen LogP contribution in [0.25, 0.3) is 0 Å². The first-order valence-corrected chi connectivity index (χ1v) is 9.86. The first-order chi connectivity index (χ1) is 12.0. The number of hydrogen-bond donors (Lipinski definition) is 0. The van der Waals surface area contributed by atoms with Gasteiger partial charge in [0.05, 0.1) is 18.4 Å². The molecule has 0 N–H and O–H groups in total. The van der Waals surface area contributed by atoms with Gasteiger partial charge in [-0.05, 0) is 38.1 Å². The van der Waals surface area contributed by atoms with Crippen molar-refractivity contribution in [3.8, 4) is 0 Å². The fourth-order valence-corrected chi connectivity index (χ4v) is 4.37. The van der Waals surface area contributed by atoms with Crippen LogP contribution >= 0.6 is 0 Å². The fraction of sp³-hybridized carbons (Fsp3) is 0.389. The van der Waals surface area contributed by atoms with Crippen LogP contribution in [0.3, 0.4) is 0 Å². The lowest BCUT2D eigenvalue weighted by atomic mass is 10.3. The molecule has 1 aromatic carbocycles. The molecule has 1 saturated heterocycles. The number of sulfonamides is 1. The van der Waals surface area contributed by atoms with Crippen LogP contribution in [-0.2, 0) is 14.8 Å². The molecule has 1 aliphatic heterocycles. The van der Waals surface area contributed by atoms with Crippen molar-refractivity contribution >= 4 is 21.5 Å². The van der Waals surface area contributed by atoms with E-state index in [0.29, 0.717) is 18.8 Å². The number of para-hydroxylation sites is 1. The molecule has 0 aliphatic carbocycles. The molecule has 1 aromatic heterocycles. The van der Waals surface area contributed by atoms with Gasteiger partial charge in [0.15, 0.2) is 0 Å². The van der Waals surface area contributed by atoms with Gasteiger partial charge in [0.25, 0.3) is 10.0 Å². The molecule has 6 nitrogen and oxygen atoms in total. The van der Waals surface area contributed by atoms with Crippen LogP contribution in [0.4, 0.5) is 11.5 Å². The normalized spacial score (nSPS) is 18.2. The van der Waals surface area contributed by atoms with Crippen LogP contribution in [0.2, 0.25) is 0 Å². The van der Waals surface area contributed by atoms with E-state index in [1.165, 1.54) is 10.5 Å². The van der Waals surface area contributed by atoms with Crippen LogP contribution < -0.4 is 9.21 Å². The lowest BCUT2D eigenvalue weighted by Crippen LogP contribution is -2.41. The van der Waals surface area contributed by atoms with Crippen molar-refractivity contribution in [2.45, 2.75) is 24.8 Å². The van der Waals surface area contributed by atoms with Crippen molar-refractivity contribution < 1.29 is 13.2 Å². The molecule has 0 radical (unpaired) electrons. The zero-order chi connectivity index (χ0) is 17.9. The summed E-state index contributed by atoms with van der Waals surface area (Å²) in [5, 5.41) is 0. The van der Waals surface area contributed by atoms with Gasteiger partial charge in [0, 0.05) is 25.8 Å². The number of anilines is 2. The van der Waals surface area contributed by atoms with Crippen molar-refractivity contribution in [1.82, 2.24) is 4.98 Å². The van der Waals surface area contributed by atoms with E-state index >= 15 is 0 Å². The Balaban J connectivity index is 1.85. The average molecular weight is 361 g/mol. The lowest BCUT2D eigenvalue weighted by Gasteiger charge is -2.32. The second kappa shape index (κ2) is 7.41. The molecule has 7 heteroatoms. The first-order valence-electron chi connectivity index (χ1n) is 8.42. The van der Waals surface area contributed by atoms with E-state index in [2.05, 4.69) is 9.88 Å². The largest absolute Gasteiger partial charge is 0.375 e. The Kier molecular flexibility index (Phi) is 5.24. The maximum absolute atomic E-state index is 13.0. The van der Waals surface area contributed by atoms with E-state index in [0.717, 1.165) is 18.9 Å². The Morgan fingerprint density at radius 2 is 2.00 bits per heavy atom. The molecule has 0 amide bonds. The van der Waals surface area contributed by atoms with Crippen LogP contribution in [0.15, 0.2) is 53.6 Å². The van der Waals surface area contributed by atoms with Gasteiger partial charge in [-0.1, -0.05) is 18.2 Å².